The summed E-state index contributed by atoms with van der Waals surface area (Å²) in [6.07, 6.45) is -0.496. The maximum Gasteiger partial charge on any atom is 0.304 e. The molecule has 0 unspecified atom stereocenters. The summed E-state index contributed by atoms with van der Waals surface area (Å²) >= 11 is 0. The predicted octanol–water partition coefficient (Wildman–Crippen LogP) is 2.23. The van der Waals surface area contributed by atoms with E-state index in [4.69, 9.17) is 5.73 Å². The number of hydrogen-bond acceptors (Lipinski definition) is 8. The largest absolute Gasteiger partial charge is 0.481 e. The zero-order valence-electron chi connectivity index (χ0n) is 23.0. The number of carbonyl (C=O) groups is 5. The average molecular weight is 564 g/mol. The van der Waals surface area contributed by atoms with E-state index in [0.29, 0.717) is 18.6 Å². The van der Waals surface area contributed by atoms with Crippen LogP contribution in [0.2, 0.25) is 0 Å². The minimum absolute atomic E-state index is 0.117. The highest BCUT2D eigenvalue weighted by Crippen LogP contribution is 2.28. The SMILES string of the molecule is CC(C)C[C@@H](CC(=O)O)C(=O)N[C@@H](CSSC[C@H](CC(C)C)C(=O)N[C@H](C(N)=O)[C@@H](C)O)C(=O)C(C)C. The topological polar surface area (TPSA) is 176 Å². The van der Waals surface area contributed by atoms with E-state index < -0.39 is 47.8 Å². The van der Waals surface area contributed by atoms with Crippen molar-refractivity contribution in [1.82, 2.24) is 10.6 Å². The lowest BCUT2D eigenvalue weighted by Gasteiger charge is -2.24. The summed E-state index contributed by atoms with van der Waals surface area (Å²) < 4.78 is 0. The zero-order valence-corrected chi connectivity index (χ0v) is 24.6. The number of amides is 3. The van der Waals surface area contributed by atoms with Crippen LogP contribution in [0.25, 0.3) is 0 Å². The van der Waals surface area contributed by atoms with Gasteiger partial charge in [-0.05, 0) is 31.6 Å². The van der Waals surface area contributed by atoms with Crippen LogP contribution in [-0.4, -0.2) is 69.4 Å². The molecule has 214 valence electrons. The Morgan fingerprint density at radius 1 is 0.784 bits per heavy atom. The van der Waals surface area contributed by atoms with Crippen LogP contribution in [0.1, 0.15) is 67.7 Å². The van der Waals surface area contributed by atoms with Crippen LogP contribution in [-0.2, 0) is 24.0 Å². The number of Topliss-reactive ketones (excluding diaryl/α,β-unsaturated/α-hetero) is 1. The van der Waals surface area contributed by atoms with Crippen LogP contribution >= 0.6 is 21.6 Å². The fourth-order valence-corrected chi connectivity index (χ4v) is 6.22. The molecular formula is C25H45N3O7S2. The van der Waals surface area contributed by atoms with E-state index in [-0.39, 0.29) is 41.6 Å². The number of aliphatic hydroxyl groups excluding tert-OH is 1. The standard InChI is InChI=1S/C25H45N3O7S2/c1-13(2)8-17(10-20(30)31)24(34)27-19(22(32)15(5)6)12-37-36-11-18(9-14(3)4)25(35)28-21(16(7)29)23(26)33/h13-19,21,29H,8-12H2,1-7H3,(H2,26,33)(H,27,34)(H,28,35)(H,30,31)/t16-,17+,18+,19+,21+/m1/s1. The predicted molar refractivity (Wildman–Crippen MR) is 148 cm³/mol. The summed E-state index contributed by atoms with van der Waals surface area (Å²) in [5.74, 6) is -3.46. The van der Waals surface area contributed by atoms with Crippen LogP contribution in [0.3, 0.4) is 0 Å². The fourth-order valence-electron chi connectivity index (χ4n) is 3.72. The molecule has 0 bridgehead atoms. The molecule has 3 amide bonds. The van der Waals surface area contributed by atoms with Gasteiger partial charge in [0.1, 0.15) is 6.04 Å². The van der Waals surface area contributed by atoms with E-state index in [1.54, 1.807) is 13.8 Å². The van der Waals surface area contributed by atoms with Gasteiger partial charge in [-0.2, -0.15) is 0 Å². The molecule has 0 saturated heterocycles. The highest BCUT2D eigenvalue weighted by atomic mass is 33.1. The van der Waals surface area contributed by atoms with Crippen molar-refractivity contribution in [2.45, 2.75) is 85.9 Å². The average Bonchev–Trinajstić information content (AvgIpc) is 2.75. The molecule has 0 aromatic rings. The Morgan fingerprint density at radius 2 is 1.27 bits per heavy atom. The molecule has 37 heavy (non-hydrogen) atoms. The van der Waals surface area contributed by atoms with Crippen molar-refractivity contribution in [1.29, 1.82) is 0 Å². The van der Waals surface area contributed by atoms with Crippen molar-refractivity contribution in [2.75, 3.05) is 11.5 Å². The van der Waals surface area contributed by atoms with Crippen molar-refractivity contribution in [3.63, 3.8) is 0 Å². The second kappa shape index (κ2) is 17.7. The van der Waals surface area contributed by atoms with Gasteiger partial charge in [0.05, 0.1) is 18.6 Å². The normalized spacial score (nSPS) is 15.6. The molecule has 0 radical (unpaired) electrons. The summed E-state index contributed by atoms with van der Waals surface area (Å²) in [5.41, 5.74) is 5.29. The summed E-state index contributed by atoms with van der Waals surface area (Å²) in [7, 11) is 2.71. The van der Waals surface area contributed by atoms with Gasteiger partial charge in [-0.25, -0.2) is 0 Å². The summed E-state index contributed by atoms with van der Waals surface area (Å²) in [5, 5.41) is 24.2. The van der Waals surface area contributed by atoms with E-state index >= 15 is 0 Å². The molecule has 0 heterocycles. The number of aliphatic carboxylic acids is 1. The van der Waals surface area contributed by atoms with E-state index in [1.807, 2.05) is 27.7 Å². The molecule has 0 rings (SSSR count). The maximum atomic E-state index is 12.9. The molecule has 0 spiro atoms. The quantitative estimate of drug-likeness (QED) is 0.116. The monoisotopic (exact) mass is 563 g/mol. The third-order valence-corrected chi connectivity index (χ3v) is 8.07. The molecule has 0 aromatic heterocycles. The first-order valence-electron chi connectivity index (χ1n) is 12.6. The number of aliphatic hydroxyl groups is 1. The van der Waals surface area contributed by atoms with Crippen molar-refractivity contribution in [3.05, 3.63) is 0 Å². The summed E-state index contributed by atoms with van der Waals surface area (Å²) in [6, 6.07) is -1.98. The Bertz CT molecular complexity index is 775. The lowest BCUT2D eigenvalue weighted by molar-refractivity contribution is -0.141. The van der Waals surface area contributed by atoms with E-state index in [9.17, 15) is 34.2 Å². The van der Waals surface area contributed by atoms with Gasteiger partial charge in [-0.3, -0.25) is 24.0 Å². The molecular weight excluding hydrogens is 518 g/mol. The van der Waals surface area contributed by atoms with Gasteiger partial charge in [-0.15, -0.1) is 0 Å². The molecule has 0 fully saturated rings. The lowest BCUT2D eigenvalue weighted by atomic mass is 9.92. The van der Waals surface area contributed by atoms with Crippen molar-refractivity contribution >= 4 is 51.1 Å². The second-order valence-corrected chi connectivity index (χ2v) is 13.1. The minimum Gasteiger partial charge on any atom is -0.481 e. The molecule has 10 nitrogen and oxygen atoms in total. The second-order valence-electron chi connectivity index (χ2n) is 10.6. The summed E-state index contributed by atoms with van der Waals surface area (Å²) in [4.78, 5) is 61.3. The van der Waals surface area contributed by atoms with Crippen LogP contribution in [0.5, 0.6) is 0 Å². The van der Waals surface area contributed by atoms with Crippen LogP contribution in [0.4, 0.5) is 0 Å². The summed E-state index contributed by atoms with van der Waals surface area (Å²) in [6.45, 7) is 12.6. The van der Waals surface area contributed by atoms with Crippen molar-refractivity contribution in [3.8, 4) is 0 Å². The van der Waals surface area contributed by atoms with Crippen LogP contribution in [0.15, 0.2) is 0 Å². The number of carboxylic acid groups (broad SMARTS) is 1. The highest BCUT2D eigenvalue weighted by Gasteiger charge is 2.30. The number of carbonyl (C=O) groups excluding carboxylic acids is 4. The number of nitrogens with two attached hydrogens (primary N) is 1. The van der Waals surface area contributed by atoms with Crippen molar-refractivity contribution in [2.24, 2.45) is 35.3 Å². The minimum atomic E-state index is -1.19. The van der Waals surface area contributed by atoms with Crippen molar-refractivity contribution < 1.29 is 34.2 Å². The first-order valence-corrected chi connectivity index (χ1v) is 15.1. The van der Waals surface area contributed by atoms with E-state index in [1.165, 1.54) is 28.5 Å². The Morgan fingerprint density at radius 3 is 1.70 bits per heavy atom. The number of rotatable bonds is 19. The molecule has 12 heteroatoms. The smallest absolute Gasteiger partial charge is 0.304 e. The molecule has 6 N–H and O–H groups in total. The van der Waals surface area contributed by atoms with E-state index in [0.717, 1.165) is 0 Å². The number of ketones is 1. The van der Waals surface area contributed by atoms with E-state index in [2.05, 4.69) is 10.6 Å². The van der Waals surface area contributed by atoms with Gasteiger partial charge in [0, 0.05) is 29.3 Å². The molecule has 5 atom stereocenters. The first kappa shape index (κ1) is 35.2. The van der Waals surface area contributed by atoms with Crippen LogP contribution < -0.4 is 16.4 Å². The molecule has 0 aliphatic carbocycles. The Labute approximate surface area is 228 Å². The van der Waals surface area contributed by atoms with Gasteiger partial charge >= 0.3 is 5.97 Å². The molecule has 0 saturated carbocycles. The Balaban J connectivity index is 5.29. The van der Waals surface area contributed by atoms with Gasteiger partial charge in [-0.1, -0.05) is 63.1 Å². The number of carboxylic acids is 1. The Hall–Kier alpha value is -1.79. The molecule has 0 aliphatic heterocycles. The fraction of sp³-hybridized carbons (Fsp3) is 0.800. The number of hydrogen-bond donors (Lipinski definition) is 5. The number of primary amides is 1. The molecule has 0 aromatic carbocycles. The molecule has 0 aliphatic rings. The number of nitrogens with one attached hydrogen (secondary N) is 2. The third-order valence-electron chi connectivity index (χ3n) is 5.58. The maximum absolute atomic E-state index is 12.9. The lowest BCUT2D eigenvalue weighted by Crippen LogP contribution is -2.52. The van der Waals surface area contributed by atoms with Gasteiger partial charge in [0.15, 0.2) is 5.78 Å². The zero-order chi connectivity index (χ0) is 28.9. The Kier molecular flexibility index (Phi) is 16.8. The van der Waals surface area contributed by atoms with Crippen LogP contribution in [0, 0.1) is 29.6 Å². The third kappa shape index (κ3) is 14.7. The van der Waals surface area contributed by atoms with Gasteiger partial charge in [0.25, 0.3) is 0 Å². The first-order chi connectivity index (χ1) is 17.1. The highest BCUT2D eigenvalue weighted by molar-refractivity contribution is 8.76. The van der Waals surface area contributed by atoms with Gasteiger partial charge in [0.2, 0.25) is 17.7 Å². The van der Waals surface area contributed by atoms with Gasteiger partial charge < -0.3 is 26.6 Å².